The van der Waals surface area contributed by atoms with Gasteiger partial charge in [-0.15, -0.1) is 0 Å². The number of aromatic nitrogens is 1. The molecule has 0 unspecified atom stereocenters. The summed E-state index contributed by atoms with van der Waals surface area (Å²) in [5.41, 5.74) is 4.70. The lowest BCUT2D eigenvalue weighted by Crippen LogP contribution is -2.36. The van der Waals surface area contributed by atoms with Gasteiger partial charge in [-0.3, -0.25) is 4.99 Å². The Morgan fingerprint density at radius 3 is 2.19 bits per heavy atom. The zero-order valence-electron chi connectivity index (χ0n) is 15.4. The summed E-state index contributed by atoms with van der Waals surface area (Å²) < 4.78 is 5.82. The maximum atomic E-state index is 5.82. The largest absolute Gasteiger partial charge is 0.439 e. The van der Waals surface area contributed by atoms with Gasteiger partial charge in [0.15, 0.2) is 11.7 Å². The molecule has 3 rings (SSSR count). The number of nitrogens with zero attached hydrogens (tertiary/aromatic N) is 2. The number of rotatable bonds is 5. The first-order valence-electron chi connectivity index (χ1n) is 8.66. The minimum absolute atomic E-state index is 0.472. The Bertz CT molecular complexity index is 864. The van der Waals surface area contributed by atoms with Crippen LogP contribution in [0.2, 0.25) is 0 Å². The zero-order valence-corrected chi connectivity index (χ0v) is 15.4. The monoisotopic (exact) mass is 348 g/mol. The molecule has 134 valence electrons. The smallest absolute Gasteiger partial charge is 0.214 e. The Hall–Kier alpha value is -3.08. The first-order valence-corrected chi connectivity index (χ1v) is 8.66. The molecule has 0 saturated heterocycles. The van der Waals surface area contributed by atoms with E-state index in [-0.39, 0.29) is 0 Å². The molecule has 1 aromatic heterocycles. The summed E-state index contributed by atoms with van der Waals surface area (Å²) in [6, 6.07) is 16.6. The van der Waals surface area contributed by atoms with Crippen LogP contribution in [0.15, 0.2) is 64.1 Å². The molecule has 0 aliphatic heterocycles. The van der Waals surface area contributed by atoms with Crippen molar-refractivity contribution in [1.82, 2.24) is 15.6 Å². The summed E-state index contributed by atoms with van der Waals surface area (Å²) in [6.45, 7) is 5.33. The maximum Gasteiger partial charge on any atom is 0.214 e. The van der Waals surface area contributed by atoms with Crippen LogP contribution in [-0.2, 0) is 13.1 Å². The third-order valence-electron chi connectivity index (χ3n) is 4.10. The molecule has 0 aliphatic carbocycles. The van der Waals surface area contributed by atoms with Gasteiger partial charge < -0.3 is 15.1 Å². The number of aliphatic imine (C=N–C) groups is 1. The van der Waals surface area contributed by atoms with Crippen LogP contribution in [0.5, 0.6) is 0 Å². The maximum absolute atomic E-state index is 5.82. The minimum atomic E-state index is 0.472. The second-order valence-corrected chi connectivity index (χ2v) is 6.25. The molecular weight excluding hydrogens is 324 g/mol. The number of oxazole rings is 1. The molecule has 1 heterocycles. The van der Waals surface area contributed by atoms with Crippen molar-refractivity contribution in [1.29, 1.82) is 0 Å². The number of hydrogen-bond donors (Lipinski definition) is 2. The van der Waals surface area contributed by atoms with Crippen molar-refractivity contribution in [3.8, 4) is 11.3 Å². The quantitative estimate of drug-likeness (QED) is 0.543. The molecule has 2 aromatic carbocycles. The molecule has 5 nitrogen and oxygen atoms in total. The number of guanidine groups is 1. The highest BCUT2D eigenvalue weighted by Gasteiger charge is 2.07. The SMILES string of the molecule is CN=C(NCc1ccc(C)cc1)NCc1ncc(-c2ccc(C)cc2)o1. The highest BCUT2D eigenvalue weighted by Crippen LogP contribution is 2.20. The predicted molar refractivity (Wildman–Crippen MR) is 105 cm³/mol. The van der Waals surface area contributed by atoms with Crippen LogP contribution in [0.1, 0.15) is 22.6 Å². The minimum Gasteiger partial charge on any atom is -0.439 e. The Morgan fingerprint density at radius 2 is 1.54 bits per heavy atom. The highest BCUT2D eigenvalue weighted by atomic mass is 16.4. The van der Waals surface area contributed by atoms with Crippen LogP contribution in [0, 0.1) is 13.8 Å². The van der Waals surface area contributed by atoms with Gasteiger partial charge in [0.1, 0.15) is 0 Å². The fourth-order valence-electron chi connectivity index (χ4n) is 2.51. The van der Waals surface area contributed by atoms with E-state index in [4.69, 9.17) is 4.42 Å². The first-order chi connectivity index (χ1) is 12.6. The van der Waals surface area contributed by atoms with E-state index in [2.05, 4.69) is 70.9 Å². The van der Waals surface area contributed by atoms with Gasteiger partial charge in [-0.25, -0.2) is 4.98 Å². The van der Waals surface area contributed by atoms with E-state index in [0.29, 0.717) is 24.9 Å². The molecule has 3 aromatic rings. The van der Waals surface area contributed by atoms with Gasteiger partial charge in [-0.05, 0) is 19.4 Å². The van der Waals surface area contributed by atoms with Crippen LogP contribution in [0.4, 0.5) is 0 Å². The van der Waals surface area contributed by atoms with Crippen molar-refractivity contribution in [2.75, 3.05) is 7.05 Å². The molecule has 2 N–H and O–H groups in total. The van der Waals surface area contributed by atoms with Crippen LogP contribution in [-0.4, -0.2) is 18.0 Å². The van der Waals surface area contributed by atoms with Crippen LogP contribution >= 0.6 is 0 Å². The van der Waals surface area contributed by atoms with Crippen molar-refractivity contribution in [2.45, 2.75) is 26.9 Å². The van der Waals surface area contributed by atoms with Crippen molar-refractivity contribution < 1.29 is 4.42 Å². The second-order valence-electron chi connectivity index (χ2n) is 6.25. The highest BCUT2D eigenvalue weighted by molar-refractivity contribution is 5.79. The van der Waals surface area contributed by atoms with Gasteiger partial charge in [-0.2, -0.15) is 0 Å². The summed E-state index contributed by atoms with van der Waals surface area (Å²) in [4.78, 5) is 8.57. The molecule has 0 radical (unpaired) electrons. The lowest BCUT2D eigenvalue weighted by molar-refractivity contribution is 0.497. The van der Waals surface area contributed by atoms with Gasteiger partial charge in [0.05, 0.1) is 12.7 Å². The molecule has 0 bridgehead atoms. The fourth-order valence-corrected chi connectivity index (χ4v) is 2.51. The number of hydrogen-bond acceptors (Lipinski definition) is 3. The van der Waals surface area contributed by atoms with E-state index in [1.54, 1.807) is 13.2 Å². The molecule has 0 atom stereocenters. The Morgan fingerprint density at radius 1 is 0.923 bits per heavy atom. The van der Waals surface area contributed by atoms with Crippen molar-refractivity contribution in [3.05, 3.63) is 77.3 Å². The molecular formula is C21H24N4O. The van der Waals surface area contributed by atoms with Crippen molar-refractivity contribution in [3.63, 3.8) is 0 Å². The van der Waals surface area contributed by atoms with E-state index < -0.39 is 0 Å². The first kappa shape index (κ1) is 17.7. The normalized spacial score (nSPS) is 11.4. The summed E-state index contributed by atoms with van der Waals surface area (Å²) >= 11 is 0. The van der Waals surface area contributed by atoms with Gasteiger partial charge in [0.25, 0.3) is 0 Å². The lowest BCUT2D eigenvalue weighted by Gasteiger charge is -2.10. The Balaban J connectivity index is 1.54. The molecule has 0 spiro atoms. The van der Waals surface area contributed by atoms with E-state index >= 15 is 0 Å². The van der Waals surface area contributed by atoms with Gasteiger partial charge in [0.2, 0.25) is 5.89 Å². The molecule has 0 fully saturated rings. The summed E-state index contributed by atoms with van der Waals surface area (Å²) in [7, 11) is 1.75. The fraction of sp³-hybridized carbons (Fsp3) is 0.238. The second kappa shape index (κ2) is 8.34. The molecule has 26 heavy (non-hydrogen) atoms. The number of benzene rings is 2. The van der Waals surface area contributed by atoms with E-state index in [9.17, 15) is 0 Å². The van der Waals surface area contributed by atoms with Gasteiger partial charge in [0, 0.05) is 19.2 Å². The van der Waals surface area contributed by atoms with E-state index in [0.717, 1.165) is 11.3 Å². The third kappa shape index (κ3) is 4.72. The standard InChI is InChI=1S/C21H24N4O/c1-15-4-8-17(9-5-15)12-24-21(22-3)25-14-20-23-13-19(26-20)18-10-6-16(2)7-11-18/h4-11,13H,12,14H2,1-3H3,(H2,22,24,25). The zero-order chi connectivity index (χ0) is 18.4. The molecule has 5 heteroatoms. The summed E-state index contributed by atoms with van der Waals surface area (Å²) in [5, 5.41) is 6.51. The Labute approximate surface area is 154 Å². The van der Waals surface area contributed by atoms with Crippen LogP contribution < -0.4 is 10.6 Å². The van der Waals surface area contributed by atoms with E-state index in [1.807, 2.05) is 12.1 Å². The lowest BCUT2D eigenvalue weighted by atomic mass is 10.1. The molecule has 0 saturated carbocycles. The van der Waals surface area contributed by atoms with Gasteiger partial charge in [-0.1, -0.05) is 59.7 Å². The van der Waals surface area contributed by atoms with Crippen LogP contribution in [0.25, 0.3) is 11.3 Å². The summed E-state index contributed by atoms with van der Waals surface area (Å²) in [5.74, 6) is 2.10. The predicted octanol–water partition coefficient (Wildman–Crippen LogP) is 3.82. The summed E-state index contributed by atoms with van der Waals surface area (Å²) in [6.07, 6.45) is 1.75. The third-order valence-corrected chi connectivity index (χ3v) is 4.10. The molecule has 0 amide bonds. The average Bonchev–Trinajstić information content (AvgIpc) is 3.13. The average molecular weight is 348 g/mol. The van der Waals surface area contributed by atoms with Crippen molar-refractivity contribution in [2.24, 2.45) is 4.99 Å². The van der Waals surface area contributed by atoms with E-state index in [1.165, 1.54) is 16.7 Å². The molecule has 0 aliphatic rings. The Kier molecular flexibility index (Phi) is 5.69. The number of nitrogens with one attached hydrogen (secondary N) is 2. The topological polar surface area (TPSA) is 62.5 Å². The van der Waals surface area contributed by atoms with Crippen LogP contribution in [0.3, 0.4) is 0 Å². The van der Waals surface area contributed by atoms with Crippen molar-refractivity contribution >= 4 is 5.96 Å². The van der Waals surface area contributed by atoms with Gasteiger partial charge >= 0.3 is 0 Å². The number of aryl methyl sites for hydroxylation is 2.